The first-order valence-electron chi connectivity index (χ1n) is 6.04. The molecule has 1 N–H and O–H groups in total. The van der Waals surface area contributed by atoms with E-state index in [1.54, 1.807) is 24.3 Å². The standard InChI is InChI=1S/C15H10BrFN2O/c16-9-5-6-13-11(7-9)15(18-8-14(20)19-13)10-3-1-2-4-12(10)17/h1-7H,8H2,(H,19,20). The predicted molar refractivity (Wildman–Crippen MR) is 79.7 cm³/mol. The molecule has 0 fully saturated rings. The highest BCUT2D eigenvalue weighted by Gasteiger charge is 2.20. The maximum atomic E-state index is 14.0. The molecule has 5 heteroatoms. The first-order valence-corrected chi connectivity index (χ1v) is 6.83. The van der Waals surface area contributed by atoms with Gasteiger partial charge in [-0.1, -0.05) is 28.1 Å². The number of carbonyl (C=O) groups excluding carboxylic acids is 1. The Morgan fingerprint density at radius 2 is 1.95 bits per heavy atom. The maximum Gasteiger partial charge on any atom is 0.246 e. The van der Waals surface area contributed by atoms with Crippen LogP contribution in [-0.2, 0) is 4.79 Å². The van der Waals surface area contributed by atoms with Crippen LogP contribution in [-0.4, -0.2) is 18.2 Å². The number of fused-ring (bicyclic) bond motifs is 1. The van der Waals surface area contributed by atoms with Crippen molar-refractivity contribution in [2.24, 2.45) is 4.99 Å². The van der Waals surface area contributed by atoms with Crippen molar-refractivity contribution < 1.29 is 9.18 Å². The average Bonchev–Trinajstić information content (AvgIpc) is 2.58. The van der Waals surface area contributed by atoms with E-state index in [0.29, 0.717) is 22.5 Å². The molecule has 2 aromatic carbocycles. The van der Waals surface area contributed by atoms with Gasteiger partial charge in [-0.15, -0.1) is 0 Å². The molecule has 0 saturated carbocycles. The lowest BCUT2D eigenvalue weighted by Crippen LogP contribution is -2.13. The van der Waals surface area contributed by atoms with Gasteiger partial charge in [0.1, 0.15) is 12.4 Å². The molecule has 0 radical (unpaired) electrons. The molecule has 1 heterocycles. The number of nitrogens with one attached hydrogen (secondary N) is 1. The minimum atomic E-state index is -0.355. The van der Waals surface area contributed by atoms with Gasteiger partial charge in [-0.05, 0) is 30.3 Å². The molecule has 100 valence electrons. The van der Waals surface area contributed by atoms with Crippen molar-refractivity contribution in [3.63, 3.8) is 0 Å². The van der Waals surface area contributed by atoms with Crippen molar-refractivity contribution in [2.45, 2.75) is 0 Å². The molecular weight excluding hydrogens is 323 g/mol. The van der Waals surface area contributed by atoms with Crippen LogP contribution < -0.4 is 5.32 Å². The molecule has 0 unspecified atom stereocenters. The lowest BCUT2D eigenvalue weighted by molar-refractivity contribution is -0.114. The number of anilines is 1. The molecule has 2 aromatic rings. The molecule has 0 aliphatic carbocycles. The number of aliphatic imine (C=N–C) groups is 1. The Kier molecular flexibility index (Phi) is 3.36. The van der Waals surface area contributed by atoms with Gasteiger partial charge in [-0.25, -0.2) is 4.39 Å². The minimum Gasteiger partial charge on any atom is -0.324 e. The fourth-order valence-corrected chi connectivity index (χ4v) is 2.49. The zero-order valence-electron chi connectivity index (χ0n) is 10.4. The monoisotopic (exact) mass is 332 g/mol. The Hall–Kier alpha value is -2.01. The number of benzene rings is 2. The first kappa shape index (κ1) is 13.0. The van der Waals surface area contributed by atoms with Crippen molar-refractivity contribution >= 4 is 33.2 Å². The number of hydrogen-bond donors (Lipinski definition) is 1. The second kappa shape index (κ2) is 5.17. The lowest BCUT2D eigenvalue weighted by atomic mass is 10.0. The van der Waals surface area contributed by atoms with Gasteiger partial charge in [0.2, 0.25) is 5.91 Å². The van der Waals surface area contributed by atoms with Gasteiger partial charge in [-0.3, -0.25) is 9.79 Å². The van der Waals surface area contributed by atoms with Crippen LogP contribution in [0.5, 0.6) is 0 Å². The van der Waals surface area contributed by atoms with E-state index >= 15 is 0 Å². The number of rotatable bonds is 1. The molecule has 0 spiro atoms. The molecule has 0 bridgehead atoms. The summed E-state index contributed by atoms with van der Waals surface area (Å²) in [6.45, 7) is -0.0179. The van der Waals surface area contributed by atoms with Gasteiger partial charge in [0.25, 0.3) is 0 Å². The minimum absolute atomic E-state index is 0.0179. The highest BCUT2D eigenvalue weighted by Crippen LogP contribution is 2.27. The fraction of sp³-hybridized carbons (Fsp3) is 0.0667. The van der Waals surface area contributed by atoms with Crippen LogP contribution in [0.4, 0.5) is 10.1 Å². The summed E-state index contributed by atoms with van der Waals surface area (Å²) in [6.07, 6.45) is 0. The predicted octanol–water partition coefficient (Wildman–Crippen LogP) is 3.38. The van der Waals surface area contributed by atoms with Crippen LogP contribution in [0.3, 0.4) is 0 Å². The van der Waals surface area contributed by atoms with Crippen molar-refractivity contribution in [1.82, 2.24) is 0 Å². The van der Waals surface area contributed by atoms with E-state index < -0.39 is 0 Å². The van der Waals surface area contributed by atoms with E-state index in [1.807, 2.05) is 12.1 Å². The number of halogens is 2. The third kappa shape index (κ3) is 2.36. The first-order chi connectivity index (χ1) is 9.65. The molecule has 3 nitrogen and oxygen atoms in total. The largest absolute Gasteiger partial charge is 0.324 e. The van der Waals surface area contributed by atoms with E-state index in [1.165, 1.54) is 6.07 Å². The second-order valence-corrected chi connectivity index (χ2v) is 5.30. The van der Waals surface area contributed by atoms with E-state index in [9.17, 15) is 9.18 Å². The van der Waals surface area contributed by atoms with E-state index in [-0.39, 0.29) is 18.3 Å². The highest BCUT2D eigenvalue weighted by molar-refractivity contribution is 9.10. The van der Waals surface area contributed by atoms with Gasteiger partial charge in [0.05, 0.1) is 11.4 Å². The summed E-state index contributed by atoms with van der Waals surface area (Å²) in [4.78, 5) is 15.9. The third-order valence-electron chi connectivity index (χ3n) is 3.02. The summed E-state index contributed by atoms with van der Waals surface area (Å²) >= 11 is 3.39. The fourth-order valence-electron chi connectivity index (χ4n) is 2.13. The molecule has 1 aliphatic rings. The SMILES string of the molecule is O=C1CN=C(c2ccccc2F)c2cc(Br)ccc2N1. The van der Waals surface area contributed by atoms with Crippen molar-refractivity contribution in [3.8, 4) is 0 Å². The quantitative estimate of drug-likeness (QED) is 0.854. The molecular formula is C15H10BrFN2O. The van der Waals surface area contributed by atoms with Crippen molar-refractivity contribution in [3.05, 3.63) is 63.9 Å². The topological polar surface area (TPSA) is 41.5 Å². The number of hydrogen-bond acceptors (Lipinski definition) is 2. The van der Waals surface area contributed by atoms with Crippen LogP contribution in [0, 0.1) is 5.82 Å². The number of benzodiazepines with no additional fused rings is 1. The molecule has 0 atom stereocenters. The number of amides is 1. The Morgan fingerprint density at radius 1 is 1.15 bits per heavy atom. The van der Waals surface area contributed by atoms with E-state index in [4.69, 9.17) is 0 Å². The van der Waals surface area contributed by atoms with Crippen molar-refractivity contribution in [2.75, 3.05) is 11.9 Å². The number of carbonyl (C=O) groups is 1. The van der Waals surface area contributed by atoms with Crippen LogP contribution >= 0.6 is 15.9 Å². The summed E-state index contributed by atoms with van der Waals surface area (Å²) in [7, 11) is 0. The zero-order chi connectivity index (χ0) is 14.1. The Morgan fingerprint density at radius 3 is 2.75 bits per heavy atom. The third-order valence-corrected chi connectivity index (χ3v) is 3.51. The van der Waals surface area contributed by atoms with Crippen LogP contribution in [0.25, 0.3) is 0 Å². The summed E-state index contributed by atoms with van der Waals surface area (Å²) in [5, 5.41) is 2.77. The van der Waals surface area contributed by atoms with Gasteiger partial charge in [0, 0.05) is 15.6 Å². The summed E-state index contributed by atoms with van der Waals surface area (Å²) in [5.74, 6) is -0.563. The maximum absolute atomic E-state index is 14.0. The van der Waals surface area contributed by atoms with Crippen molar-refractivity contribution in [1.29, 1.82) is 0 Å². The Bertz CT molecular complexity index is 728. The lowest BCUT2D eigenvalue weighted by Gasteiger charge is -2.11. The molecule has 0 aromatic heterocycles. The summed E-state index contributed by atoms with van der Waals surface area (Å²) < 4.78 is 14.8. The molecule has 1 aliphatic heterocycles. The summed E-state index contributed by atoms with van der Waals surface area (Å²) in [6, 6.07) is 11.8. The normalized spacial score (nSPS) is 14.1. The van der Waals surface area contributed by atoms with E-state index in [2.05, 4.69) is 26.2 Å². The van der Waals surface area contributed by atoms with Crippen LogP contribution in [0.1, 0.15) is 11.1 Å². The zero-order valence-corrected chi connectivity index (χ0v) is 11.9. The number of nitrogens with zero attached hydrogens (tertiary/aromatic N) is 1. The molecule has 0 saturated heterocycles. The molecule has 3 rings (SSSR count). The average molecular weight is 333 g/mol. The van der Waals surface area contributed by atoms with Gasteiger partial charge in [-0.2, -0.15) is 0 Å². The van der Waals surface area contributed by atoms with Gasteiger partial charge >= 0.3 is 0 Å². The van der Waals surface area contributed by atoms with Crippen LogP contribution in [0.15, 0.2) is 51.9 Å². The van der Waals surface area contributed by atoms with E-state index in [0.717, 1.165) is 4.47 Å². The van der Waals surface area contributed by atoms with Gasteiger partial charge in [0.15, 0.2) is 0 Å². The van der Waals surface area contributed by atoms with Gasteiger partial charge < -0.3 is 5.32 Å². The molecule has 1 amide bonds. The molecule has 20 heavy (non-hydrogen) atoms. The Balaban J connectivity index is 2.23. The summed E-state index contributed by atoms with van der Waals surface area (Å²) in [5.41, 5.74) is 2.22. The Labute approximate surface area is 123 Å². The smallest absolute Gasteiger partial charge is 0.246 e. The van der Waals surface area contributed by atoms with Crippen LogP contribution in [0.2, 0.25) is 0 Å². The highest BCUT2D eigenvalue weighted by atomic mass is 79.9. The second-order valence-electron chi connectivity index (χ2n) is 4.38.